The van der Waals surface area contributed by atoms with Crippen molar-refractivity contribution in [2.75, 3.05) is 23.9 Å². The van der Waals surface area contributed by atoms with Gasteiger partial charge in [0.2, 0.25) is 0 Å². The van der Waals surface area contributed by atoms with Crippen LogP contribution in [0.5, 0.6) is 11.5 Å². The number of aryl methyl sites for hydroxylation is 2. The molecule has 4 rings (SSSR count). The first-order valence-electron chi connectivity index (χ1n) is 10.9. The number of nitrogens with one attached hydrogen (secondary N) is 1. The van der Waals surface area contributed by atoms with Gasteiger partial charge in [-0.2, -0.15) is 0 Å². The van der Waals surface area contributed by atoms with Crippen LogP contribution in [0.3, 0.4) is 0 Å². The van der Waals surface area contributed by atoms with E-state index < -0.39 is 0 Å². The van der Waals surface area contributed by atoms with Crippen LogP contribution in [0, 0.1) is 13.8 Å². The maximum atomic E-state index is 13.1. The van der Waals surface area contributed by atoms with Crippen LogP contribution in [0.25, 0.3) is 6.08 Å². The van der Waals surface area contributed by atoms with Crippen LogP contribution in [0.2, 0.25) is 0 Å². The zero-order valence-electron chi connectivity index (χ0n) is 19.5. The topological polar surface area (TPSA) is 67.9 Å². The molecule has 0 unspecified atom stereocenters. The highest BCUT2D eigenvalue weighted by molar-refractivity contribution is 8.27. The van der Waals surface area contributed by atoms with Crippen LogP contribution in [0.4, 0.5) is 11.4 Å². The number of carbonyl (C=O) groups is 2. The lowest BCUT2D eigenvalue weighted by atomic mass is 10.1. The standard InChI is InChI=1S/C27H24N2O4S2/c1-17-7-6-9-20(13-17)28-25(30)16-33-22-12-11-19(14-23(22)32-3)15-24-26(31)29(27(34)35-24)21-10-5-4-8-18(21)2/h4-15H,16H2,1-3H3,(H,28,30)/b24-15+. The number of para-hydroxylation sites is 1. The molecule has 0 radical (unpaired) electrons. The van der Waals surface area contributed by atoms with Gasteiger partial charge >= 0.3 is 0 Å². The molecule has 1 heterocycles. The molecule has 1 N–H and O–H groups in total. The summed E-state index contributed by atoms with van der Waals surface area (Å²) in [7, 11) is 1.52. The highest BCUT2D eigenvalue weighted by Gasteiger charge is 2.34. The van der Waals surface area contributed by atoms with E-state index in [-0.39, 0.29) is 18.4 Å². The van der Waals surface area contributed by atoms with Crippen molar-refractivity contribution in [3.05, 3.63) is 88.3 Å². The molecule has 1 aliphatic rings. The summed E-state index contributed by atoms with van der Waals surface area (Å²) in [6, 6.07) is 20.5. The third-order valence-electron chi connectivity index (χ3n) is 5.30. The van der Waals surface area contributed by atoms with E-state index in [9.17, 15) is 9.59 Å². The predicted molar refractivity (Wildman–Crippen MR) is 145 cm³/mol. The minimum Gasteiger partial charge on any atom is -0.493 e. The van der Waals surface area contributed by atoms with Crippen LogP contribution >= 0.6 is 24.0 Å². The fourth-order valence-corrected chi connectivity index (χ4v) is 4.88. The molecule has 0 spiro atoms. The summed E-state index contributed by atoms with van der Waals surface area (Å²) in [5, 5.41) is 2.81. The normalized spacial score (nSPS) is 14.4. The van der Waals surface area contributed by atoms with Crippen molar-refractivity contribution < 1.29 is 19.1 Å². The second-order valence-corrected chi connectivity index (χ2v) is 9.60. The van der Waals surface area contributed by atoms with Gasteiger partial charge in [-0.25, -0.2) is 0 Å². The zero-order chi connectivity index (χ0) is 24.9. The lowest BCUT2D eigenvalue weighted by Gasteiger charge is -2.16. The maximum absolute atomic E-state index is 13.1. The van der Waals surface area contributed by atoms with E-state index in [2.05, 4.69) is 5.32 Å². The number of benzene rings is 3. The van der Waals surface area contributed by atoms with Gasteiger partial charge in [-0.3, -0.25) is 14.5 Å². The monoisotopic (exact) mass is 504 g/mol. The van der Waals surface area contributed by atoms with Crippen molar-refractivity contribution in [2.45, 2.75) is 13.8 Å². The molecule has 2 amide bonds. The third kappa shape index (κ3) is 5.72. The quantitative estimate of drug-likeness (QED) is 0.327. The molecule has 3 aromatic carbocycles. The van der Waals surface area contributed by atoms with Crippen LogP contribution in [0.1, 0.15) is 16.7 Å². The zero-order valence-corrected chi connectivity index (χ0v) is 21.2. The molecule has 35 heavy (non-hydrogen) atoms. The molecule has 0 aromatic heterocycles. The average molecular weight is 505 g/mol. The van der Waals surface area contributed by atoms with Gasteiger partial charge in [-0.15, -0.1) is 0 Å². The molecule has 1 saturated heterocycles. The van der Waals surface area contributed by atoms with Crippen molar-refractivity contribution in [3.8, 4) is 11.5 Å². The van der Waals surface area contributed by atoms with Gasteiger partial charge in [-0.1, -0.05) is 60.4 Å². The van der Waals surface area contributed by atoms with E-state index >= 15 is 0 Å². The Morgan fingerprint density at radius 3 is 2.60 bits per heavy atom. The van der Waals surface area contributed by atoms with Gasteiger partial charge in [0.1, 0.15) is 0 Å². The highest BCUT2D eigenvalue weighted by atomic mass is 32.2. The maximum Gasteiger partial charge on any atom is 0.270 e. The molecule has 6 nitrogen and oxygen atoms in total. The molecule has 0 bridgehead atoms. The largest absolute Gasteiger partial charge is 0.493 e. The van der Waals surface area contributed by atoms with Crippen molar-refractivity contribution in [3.63, 3.8) is 0 Å². The summed E-state index contributed by atoms with van der Waals surface area (Å²) in [6.07, 6.45) is 1.77. The number of thioether (sulfide) groups is 1. The predicted octanol–water partition coefficient (Wildman–Crippen LogP) is 5.74. The summed E-state index contributed by atoms with van der Waals surface area (Å²) in [4.78, 5) is 27.5. The first-order chi connectivity index (χ1) is 16.9. The molecular formula is C27H24N2O4S2. The van der Waals surface area contributed by atoms with Crippen molar-refractivity contribution in [1.82, 2.24) is 0 Å². The lowest BCUT2D eigenvalue weighted by Crippen LogP contribution is -2.28. The first-order valence-corrected chi connectivity index (χ1v) is 12.1. The summed E-state index contributed by atoms with van der Waals surface area (Å²) < 4.78 is 11.6. The minimum absolute atomic E-state index is 0.165. The fraction of sp³-hybridized carbons (Fsp3) is 0.148. The number of anilines is 2. The van der Waals surface area contributed by atoms with Crippen LogP contribution in [0.15, 0.2) is 71.6 Å². The number of amides is 2. The molecular weight excluding hydrogens is 480 g/mol. The van der Waals surface area contributed by atoms with Gasteiger partial charge < -0.3 is 14.8 Å². The Hall–Kier alpha value is -3.62. The average Bonchev–Trinajstić information content (AvgIpc) is 3.11. The van der Waals surface area contributed by atoms with E-state index in [4.69, 9.17) is 21.7 Å². The Balaban J connectivity index is 1.46. The lowest BCUT2D eigenvalue weighted by molar-refractivity contribution is -0.118. The third-order valence-corrected chi connectivity index (χ3v) is 6.60. The van der Waals surface area contributed by atoms with Crippen LogP contribution in [-0.4, -0.2) is 29.9 Å². The summed E-state index contributed by atoms with van der Waals surface area (Å²) in [5.41, 5.74) is 4.27. The van der Waals surface area contributed by atoms with Gasteiger partial charge in [0, 0.05) is 5.69 Å². The molecule has 0 atom stereocenters. The van der Waals surface area contributed by atoms with Crippen LogP contribution < -0.4 is 19.7 Å². The molecule has 8 heteroatoms. The molecule has 1 fully saturated rings. The smallest absolute Gasteiger partial charge is 0.270 e. The number of methoxy groups -OCH3 is 1. The second-order valence-electron chi connectivity index (χ2n) is 7.92. The Morgan fingerprint density at radius 2 is 1.86 bits per heavy atom. The summed E-state index contributed by atoms with van der Waals surface area (Å²) in [5.74, 6) is 0.441. The first kappa shape index (κ1) is 24.5. The molecule has 0 aliphatic carbocycles. The summed E-state index contributed by atoms with van der Waals surface area (Å²) >= 11 is 6.74. The fourth-order valence-electron chi connectivity index (χ4n) is 3.60. The van der Waals surface area contributed by atoms with E-state index in [1.54, 1.807) is 29.2 Å². The van der Waals surface area contributed by atoms with Gasteiger partial charge in [0.15, 0.2) is 22.4 Å². The number of rotatable bonds is 7. The van der Waals surface area contributed by atoms with E-state index in [0.29, 0.717) is 26.4 Å². The number of thiocarbonyl (C=S) groups is 1. The van der Waals surface area contributed by atoms with E-state index in [1.807, 2.05) is 62.4 Å². The number of carbonyl (C=O) groups excluding carboxylic acids is 2. The minimum atomic E-state index is -0.276. The Morgan fingerprint density at radius 1 is 1.06 bits per heavy atom. The van der Waals surface area contributed by atoms with Gasteiger partial charge in [0.05, 0.1) is 17.7 Å². The molecule has 1 aliphatic heterocycles. The number of hydrogen-bond donors (Lipinski definition) is 1. The number of ether oxygens (including phenoxy) is 2. The van der Waals surface area contributed by atoms with E-state index in [1.165, 1.54) is 18.9 Å². The Kier molecular flexibility index (Phi) is 7.53. The van der Waals surface area contributed by atoms with Crippen molar-refractivity contribution in [2.24, 2.45) is 0 Å². The summed E-state index contributed by atoms with van der Waals surface area (Å²) in [6.45, 7) is 3.74. The van der Waals surface area contributed by atoms with Crippen molar-refractivity contribution in [1.29, 1.82) is 0 Å². The number of hydrogen-bond acceptors (Lipinski definition) is 6. The van der Waals surface area contributed by atoms with Gasteiger partial charge in [-0.05, 0) is 66.9 Å². The Labute approximate surface area is 213 Å². The number of nitrogens with zero attached hydrogens (tertiary/aromatic N) is 1. The highest BCUT2D eigenvalue weighted by Crippen LogP contribution is 2.38. The SMILES string of the molecule is COc1cc(/C=C2/SC(=S)N(c3ccccc3C)C2=O)ccc1OCC(=O)Nc1cccc(C)c1. The van der Waals surface area contributed by atoms with Crippen LogP contribution in [-0.2, 0) is 9.59 Å². The second kappa shape index (κ2) is 10.8. The molecule has 178 valence electrons. The van der Waals surface area contributed by atoms with Crippen molar-refractivity contribution >= 4 is 57.6 Å². The van der Waals surface area contributed by atoms with Gasteiger partial charge in [0.25, 0.3) is 11.8 Å². The van der Waals surface area contributed by atoms with E-state index in [0.717, 1.165) is 22.4 Å². The Bertz CT molecular complexity index is 1340. The molecule has 3 aromatic rings. The molecule has 0 saturated carbocycles.